The first-order chi connectivity index (χ1) is 12.6. The smallest absolute Gasteiger partial charge is 0.312 e. The lowest BCUT2D eigenvalue weighted by Crippen LogP contribution is -2.34. The van der Waals surface area contributed by atoms with E-state index in [-0.39, 0.29) is 18.9 Å². The van der Waals surface area contributed by atoms with E-state index in [2.05, 4.69) is 4.98 Å². The minimum atomic E-state index is -0.417. The van der Waals surface area contributed by atoms with Crippen molar-refractivity contribution in [3.63, 3.8) is 0 Å². The van der Waals surface area contributed by atoms with Crippen LogP contribution in [-0.4, -0.2) is 45.9 Å². The molecule has 136 valence electrons. The molecule has 3 aromatic rings. The fraction of sp³-hybridized carbons (Fsp3) is 0.316. The number of likely N-dealkylation sites (N-methyl/N-ethyl adjacent to an activating group) is 1. The number of carbonyl (C=O) groups is 2. The Bertz CT molecular complexity index is 897. The molecule has 0 N–H and O–H groups in total. The van der Waals surface area contributed by atoms with Gasteiger partial charge in [0.1, 0.15) is 0 Å². The van der Waals surface area contributed by atoms with Crippen molar-refractivity contribution in [2.45, 2.75) is 20.3 Å². The minimum Gasteiger partial charge on any atom is -0.455 e. The summed E-state index contributed by atoms with van der Waals surface area (Å²) in [5.74, 6) is -0.590. The van der Waals surface area contributed by atoms with E-state index < -0.39 is 5.97 Å². The molecule has 0 saturated carbocycles. The maximum atomic E-state index is 12.1. The van der Waals surface area contributed by atoms with Crippen molar-refractivity contribution in [2.24, 2.45) is 0 Å². The Morgan fingerprint density at radius 2 is 1.92 bits per heavy atom. The van der Waals surface area contributed by atoms with Crippen molar-refractivity contribution in [2.75, 3.05) is 19.7 Å². The monoisotopic (exact) mass is 371 g/mol. The van der Waals surface area contributed by atoms with Crippen molar-refractivity contribution in [1.82, 2.24) is 14.3 Å². The van der Waals surface area contributed by atoms with Gasteiger partial charge in [0.2, 0.25) is 0 Å². The van der Waals surface area contributed by atoms with E-state index in [1.54, 1.807) is 4.90 Å². The van der Waals surface area contributed by atoms with Gasteiger partial charge in [0.15, 0.2) is 11.6 Å². The van der Waals surface area contributed by atoms with Crippen LogP contribution in [0.3, 0.4) is 0 Å². The van der Waals surface area contributed by atoms with Crippen LogP contribution >= 0.6 is 11.3 Å². The molecular weight excluding hydrogens is 350 g/mol. The van der Waals surface area contributed by atoms with Crippen LogP contribution in [0.25, 0.3) is 16.2 Å². The van der Waals surface area contributed by atoms with Gasteiger partial charge in [-0.05, 0) is 13.8 Å². The topological polar surface area (TPSA) is 63.9 Å². The summed E-state index contributed by atoms with van der Waals surface area (Å²) in [6.45, 7) is 4.79. The zero-order valence-electron chi connectivity index (χ0n) is 14.8. The molecule has 0 atom stereocenters. The lowest BCUT2D eigenvalue weighted by atomic mass is 10.2. The van der Waals surface area contributed by atoms with Crippen LogP contribution in [-0.2, 0) is 20.7 Å². The molecule has 1 amide bonds. The number of aromatic nitrogens is 2. The number of rotatable bonds is 7. The number of ether oxygens (including phenoxy) is 1. The molecule has 3 rings (SSSR count). The van der Waals surface area contributed by atoms with Crippen LogP contribution < -0.4 is 0 Å². The first-order valence-electron chi connectivity index (χ1n) is 8.56. The van der Waals surface area contributed by atoms with E-state index in [4.69, 9.17) is 4.74 Å². The Morgan fingerprint density at radius 3 is 2.62 bits per heavy atom. The van der Waals surface area contributed by atoms with E-state index in [0.29, 0.717) is 13.1 Å². The summed E-state index contributed by atoms with van der Waals surface area (Å²) in [6.07, 6.45) is 2.03. The molecule has 0 fully saturated rings. The summed E-state index contributed by atoms with van der Waals surface area (Å²) in [5.41, 5.74) is 2.70. The van der Waals surface area contributed by atoms with Crippen molar-refractivity contribution < 1.29 is 14.3 Å². The highest BCUT2D eigenvalue weighted by molar-refractivity contribution is 7.15. The first-order valence-corrected chi connectivity index (χ1v) is 9.44. The molecule has 7 heteroatoms. The molecule has 2 heterocycles. The molecule has 0 unspecified atom stereocenters. The molecule has 6 nitrogen and oxygen atoms in total. The molecule has 26 heavy (non-hydrogen) atoms. The lowest BCUT2D eigenvalue weighted by Gasteiger charge is -2.18. The molecule has 0 aliphatic heterocycles. The van der Waals surface area contributed by atoms with Crippen LogP contribution in [0.5, 0.6) is 0 Å². The summed E-state index contributed by atoms with van der Waals surface area (Å²) in [4.78, 5) is 31.1. The summed E-state index contributed by atoms with van der Waals surface area (Å²) in [5, 5.41) is 1.89. The number of amides is 1. The van der Waals surface area contributed by atoms with Gasteiger partial charge in [0.05, 0.1) is 12.1 Å². The van der Waals surface area contributed by atoms with Gasteiger partial charge in [-0.25, -0.2) is 4.98 Å². The second-order valence-corrected chi connectivity index (χ2v) is 6.61. The molecule has 0 spiro atoms. The average molecular weight is 371 g/mol. The third kappa shape index (κ3) is 3.94. The van der Waals surface area contributed by atoms with Crippen molar-refractivity contribution in [3.05, 3.63) is 47.6 Å². The molecular formula is C19H21N3O3S. The Balaban J connectivity index is 1.66. The summed E-state index contributed by atoms with van der Waals surface area (Å²) >= 11 is 1.48. The standard InChI is InChI=1S/C19H21N3O3S/c1-3-21(4-2)17(23)12-25-18(24)10-15-13-26-19-20-16(11-22(15)19)14-8-6-5-7-9-14/h5-9,11,13H,3-4,10,12H2,1-2H3. The highest BCUT2D eigenvalue weighted by atomic mass is 32.1. The lowest BCUT2D eigenvalue weighted by molar-refractivity contribution is -0.151. The number of esters is 1. The summed E-state index contributed by atoms with van der Waals surface area (Å²) in [7, 11) is 0. The molecule has 0 radical (unpaired) electrons. The molecule has 0 aliphatic carbocycles. The van der Waals surface area contributed by atoms with Crippen LogP contribution in [0.1, 0.15) is 19.5 Å². The zero-order chi connectivity index (χ0) is 18.5. The van der Waals surface area contributed by atoms with E-state index >= 15 is 0 Å². The van der Waals surface area contributed by atoms with Gasteiger partial charge < -0.3 is 9.64 Å². The number of hydrogen-bond acceptors (Lipinski definition) is 5. The SMILES string of the molecule is CCN(CC)C(=O)COC(=O)Cc1csc2nc(-c3ccccc3)cn12. The molecule has 0 saturated heterocycles. The van der Waals surface area contributed by atoms with Crippen LogP contribution in [0.2, 0.25) is 0 Å². The minimum absolute atomic E-state index is 0.107. The zero-order valence-corrected chi connectivity index (χ0v) is 15.7. The average Bonchev–Trinajstić information content (AvgIpc) is 3.24. The molecule has 0 bridgehead atoms. The van der Waals surface area contributed by atoms with Gasteiger partial charge >= 0.3 is 5.97 Å². The third-order valence-corrected chi connectivity index (χ3v) is 5.04. The predicted octanol–water partition coefficient (Wildman–Crippen LogP) is 3.02. The van der Waals surface area contributed by atoms with E-state index in [9.17, 15) is 9.59 Å². The Kier molecular flexibility index (Phi) is 5.68. The van der Waals surface area contributed by atoms with E-state index in [1.165, 1.54) is 11.3 Å². The normalized spacial score (nSPS) is 10.8. The highest BCUT2D eigenvalue weighted by Crippen LogP contribution is 2.23. The van der Waals surface area contributed by atoms with E-state index in [1.807, 2.05) is 60.2 Å². The van der Waals surface area contributed by atoms with Crippen molar-refractivity contribution in [1.29, 1.82) is 0 Å². The van der Waals surface area contributed by atoms with Crippen LogP contribution in [0.15, 0.2) is 41.9 Å². The number of benzene rings is 1. The largest absolute Gasteiger partial charge is 0.455 e. The van der Waals surface area contributed by atoms with Crippen molar-refractivity contribution >= 4 is 28.2 Å². The summed E-state index contributed by atoms with van der Waals surface area (Å²) in [6, 6.07) is 9.89. The van der Waals surface area contributed by atoms with Gasteiger partial charge in [-0.2, -0.15) is 0 Å². The highest BCUT2D eigenvalue weighted by Gasteiger charge is 2.16. The quantitative estimate of drug-likeness (QED) is 0.599. The molecule has 1 aromatic carbocycles. The first kappa shape index (κ1) is 18.1. The van der Waals surface area contributed by atoms with Crippen molar-refractivity contribution in [3.8, 4) is 11.3 Å². The maximum absolute atomic E-state index is 12.1. The number of fused-ring (bicyclic) bond motifs is 1. The number of nitrogens with zero attached hydrogens (tertiary/aromatic N) is 3. The third-order valence-electron chi connectivity index (χ3n) is 4.15. The Hall–Kier alpha value is -2.67. The van der Waals surface area contributed by atoms with Gasteiger partial charge in [-0.1, -0.05) is 30.3 Å². The Morgan fingerprint density at radius 1 is 1.19 bits per heavy atom. The second kappa shape index (κ2) is 8.14. The van der Waals surface area contributed by atoms with Crippen LogP contribution in [0, 0.1) is 0 Å². The number of imidazole rings is 1. The maximum Gasteiger partial charge on any atom is 0.312 e. The molecule has 0 aliphatic rings. The number of thiazole rings is 1. The van der Waals surface area contributed by atoms with Gasteiger partial charge in [-0.3, -0.25) is 14.0 Å². The second-order valence-electron chi connectivity index (χ2n) is 5.78. The van der Waals surface area contributed by atoms with Gasteiger partial charge in [0, 0.05) is 35.9 Å². The Labute approximate surface area is 156 Å². The van der Waals surface area contributed by atoms with Gasteiger partial charge in [-0.15, -0.1) is 11.3 Å². The summed E-state index contributed by atoms with van der Waals surface area (Å²) < 4.78 is 7.05. The fourth-order valence-corrected chi connectivity index (χ4v) is 3.59. The number of carbonyl (C=O) groups excluding carboxylic acids is 2. The van der Waals surface area contributed by atoms with E-state index in [0.717, 1.165) is 21.9 Å². The van der Waals surface area contributed by atoms with Gasteiger partial charge in [0.25, 0.3) is 5.91 Å². The molecule has 2 aromatic heterocycles. The number of hydrogen-bond donors (Lipinski definition) is 0. The van der Waals surface area contributed by atoms with Crippen LogP contribution in [0.4, 0.5) is 0 Å². The fourth-order valence-electron chi connectivity index (χ4n) is 2.71. The predicted molar refractivity (Wildman–Crippen MR) is 101 cm³/mol.